The third-order valence-electron chi connectivity index (χ3n) is 4.17. The SMILES string of the molecule is Cl.Cn1c(=O)n(C)c2cc(CNCCc3ccc(F)cc3)ccc21. The van der Waals surface area contributed by atoms with E-state index in [-0.39, 0.29) is 23.9 Å². The van der Waals surface area contributed by atoms with E-state index in [2.05, 4.69) is 5.32 Å². The Hall–Kier alpha value is -2.11. The van der Waals surface area contributed by atoms with Gasteiger partial charge in [-0.3, -0.25) is 9.13 Å². The van der Waals surface area contributed by atoms with Crippen LogP contribution in [0.4, 0.5) is 4.39 Å². The summed E-state index contributed by atoms with van der Waals surface area (Å²) >= 11 is 0. The minimum Gasteiger partial charge on any atom is -0.312 e. The summed E-state index contributed by atoms with van der Waals surface area (Å²) in [5.41, 5.74) is 4.11. The molecular formula is C18H21ClFN3O. The molecule has 0 aliphatic carbocycles. The van der Waals surface area contributed by atoms with Crippen molar-refractivity contribution in [2.24, 2.45) is 14.1 Å². The van der Waals surface area contributed by atoms with Crippen LogP contribution >= 0.6 is 12.4 Å². The van der Waals surface area contributed by atoms with Gasteiger partial charge in [0.1, 0.15) is 5.82 Å². The molecule has 0 unspecified atom stereocenters. The fourth-order valence-electron chi connectivity index (χ4n) is 2.78. The third-order valence-corrected chi connectivity index (χ3v) is 4.17. The summed E-state index contributed by atoms with van der Waals surface area (Å²) in [6, 6.07) is 12.6. The maximum atomic E-state index is 12.8. The summed E-state index contributed by atoms with van der Waals surface area (Å²) in [7, 11) is 3.57. The van der Waals surface area contributed by atoms with Crippen molar-refractivity contribution in [2.45, 2.75) is 13.0 Å². The summed E-state index contributed by atoms with van der Waals surface area (Å²) in [6.45, 7) is 1.55. The van der Waals surface area contributed by atoms with Crippen molar-refractivity contribution in [1.82, 2.24) is 14.5 Å². The molecule has 0 radical (unpaired) electrons. The van der Waals surface area contributed by atoms with E-state index < -0.39 is 0 Å². The van der Waals surface area contributed by atoms with Crippen molar-refractivity contribution in [2.75, 3.05) is 6.54 Å². The summed E-state index contributed by atoms with van der Waals surface area (Å²) in [5, 5.41) is 3.38. The lowest BCUT2D eigenvalue weighted by molar-refractivity contribution is 0.626. The lowest BCUT2D eigenvalue weighted by Crippen LogP contribution is -2.19. The number of benzene rings is 2. The Labute approximate surface area is 146 Å². The predicted octanol–water partition coefficient (Wildman–Crippen LogP) is 2.77. The molecule has 3 rings (SSSR count). The molecule has 1 heterocycles. The maximum Gasteiger partial charge on any atom is 0.328 e. The first-order chi connectivity index (χ1) is 11.1. The van der Waals surface area contributed by atoms with E-state index in [1.807, 2.05) is 30.3 Å². The fraction of sp³-hybridized carbons (Fsp3) is 0.278. The molecule has 0 amide bonds. The van der Waals surface area contributed by atoms with E-state index in [1.165, 1.54) is 12.1 Å². The number of rotatable bonds is 5. The highest BCUT2D eigenvalue weighted by Crippen LogP contribution is 2.14. The van der Waals surface area contributed by atoms with Gasteiger partial charge in [-0.2, -0.15) is 0 Å². The molecule has 0 fully saturated rings. The second-order valence-corrected chi connectivity index (χ2v) is 5.78. The number of fused-ring (bicyclic) bond motifs is 1. The van der Waals surface area contributed by atoms with Gasteiger partial charge in [0.2, 0.25) is 0 Å². The van der Waals surface area contributed by atoms with Crippen LogP contribution in [0.2, 0.25) is 0 Å². The van der Waals surface area contributed by atoms with Gasteiger partial charge in [0.25, 0.3) is 0 Å². The second kappa shape index (κ2) is 7.64. The number of aromatic nitrogens is 2. The lowest BCUT2D eigenvalue weighted by atomic mass is 10.1. The zero-order valence-electron chi connectivity index (χ0n) is 13.8. The van der Waals surface area contributed by atoms with Crippen LogP contribution < -0.4 is 11.0 Å². The van der Waals surface area contributed by atoms with Crippen LogP contribution in [0.5, 0.6) is 0 Å². The molecular weight excluding hydrogens is 329 g/mol. The topological polar surface area (TPSA) is 39.0 Å². The molecule has 0 bridgehead atoms. The van der Waals surface area contributed by atoms with Crippen LogP contribution in [-0.2, 0) is 27.1 Å². The Morgan fingerprint density at radius 1 is 0.958 bits per heavy atom. The Balaban J connectivity index is 0.00000208. The quantitative estimate of drug-likeness (QED) is 0.719. The number of nitrogens with one attached hydrogen (secondary N) is 1. The van der Waals surface area contributed by atoms with Crippen molar-refractivity contribution < 1.29 is 4.39 Å². The average Bonchev–Trinajstić information content (AvgIpc) is 2.78. The molecule has 4 nitrogen and oxygen atoms in total. The molecule has 6 heteroatoms. The molecule has 1 aromatic heterocycles. The highest BCUT2D eigenvalue weighted by molar-refractivity contribution is 5.85. The van der Waals surface area contributed by atoms with E-state index in [0.717, 1.165) is 41.7 Å². The fourth-order valence-corrected chi connectivity index (χ4v) is 2.78. The van der Waals surface area contributed by atoms with Gasteiger partial charge in [-0.1, -0.05) is 18.2 Å². The molecule has 0 aliphatic heterocycles. The molecule has 24 heavy (non-hydrogen) atoms. The van der Waals surface area contributed by atoms with Gasteiger partial charge in [-0.15, -0.1) is 12.4 Å². The zero-order valence-corrected chi connectivity index (χ0v) is 14.6. The zero-order chi connectivity index (χ0) is 16.4. The van der Waals surface area contributed by atoms with E-state index in [1.54, 1.807) is 23.2 Å². The molecule has 0 aliphatic rings. The van der Waals surface area contributed by atoms with Crippen LogP contribution in [0.3, 0.4) is 0 Å². The van der Waals surface area contributed by atoms with Crippen LogP contribution in [0.25, 0.3) is 11.0 Å². The van der Waals surface area contributed by atoms with E-state index in [4.69, 9.17) is 0 Å². The average molecular weight is 350 g/mol. The number of hydrogen-bond acceptors (Lipinski definition) is 2. The van der Waals surface area contributed by atoms with Gasteiger partial charge in [0, 0.05) is 20.6 Å². The van der Waals surface area contributed by atoms with E-state index in [9.17, 15) is 9.18 Å². The minimum absolute atomic E-state index is 0. The number of halogens is 2. The summed E-state index contributed by atoms with van der Waals surface area (Å²) in [4.78, 5) is 11.9. The smallest absolute Gasteiger partial charge is 0.312 e. The van der Waals surface area contributed by atoms with E-state index in [0.29, 0.717) is 0 Å². The molecule has 3 aromatic rings. The number of hydrogen-bond donors (Lipinski definition) is 1. The van der Waals surface area contributed by atoms with Crippen molar-refractivity contribution in [1.29, 1.82) is 0 Å². The van der Waals surface area contributed by atoms with Gasteiger partial charge < -0.3 is 5.32 Å². The summed E-state index contributed by atoms with van der Waals surface area (Å²) < 4.78 is 16.2. The molecule has 128 valence electrons. The van der Waals surface area contributed by atoms with Gasteiger partial charge in [0.15, 0.2) is 0 Å². The molecule has 0 saturated heterocycles. The number of aryl methyl sites for hydroxylation is 2. The van der Waals surface area contributed by atoms with Gasteiger partial charge in [-0.25, -0.2) is 9.18 Å². The molecule has 0 saturated carbocycles. The minimum atomic E-state index is -0.205. The predicted molar refractivity (Wildman–Crippen MR) is 97.2 cm³/mol. The van der Waals surface area contributed by atoms with Crippen molar-refractivity contribution >= 4 is 23.4 Å². The Morgan fingerprint density at radius 2 is 1.58 bits per heavy atom. The Bertz CT molecular complexity index is 884. The van der Waals surface area contributed by atoms with Crippen LogP contribution in [0, 0.1) is 5.82 Å². The number of imidazole rings is 1. The Kier molecular flexibility index (Phi) is 5.80. The standard InChI is InChI=1S/C18H20FN3O.ClH/c1-21-16-8-5-14(11-17(16)22(2)18(21)23)12-20-10-9-13-3-6-15(19)7-4-13;/h3-8,11,20H,9-10,12H2,1-2H3;1H. The third kappa shape index (κ3) is 3.68. The first-order valence-electron chi connectivity index (χ1n) is 7.66. The molecule has 1 N–H and O–H groups in total. The highest BCUT2D eigenvalue weighted by atomic mass is 35.5. The van der Waals surface area contributed by atoms with Gasteiger partial charge >= 0.3 is 5.69 Å². The summed E-state index contributed by atoms with van der Waals surface area (Å²) in [5.74, 6) is -0.205. The first-order valence-corrected chi connectivity index (χ1v) is 7.66. The largest absolute Gasteiger partial charge is 0.328 e. The van der Waals surface area contributed by atoms with Crippen molar-refractivity contribution in [3.05, 3.63) is 69.9 Å². The lowest BCUT2D eigenvalue weighted by Gasteiger charge is -2.06. The molecule has 2 aromatic carbocycles. The van der Waals surface area contributed by atoms with E-state index >= 15 is 0 Å². The Morgan fingerprint density at radius 3 is 2.29 bits per heavy atom. The van der Waals surface area contributed by atoms with Crippen molar-refractivity contribution in [3.8, 4) is 0 Å². The monoisotopic (exact) mass is 349 g/mol. The maximum absolute atomic E-state index is 12.8. The molecule has 0 spiro atoms. The van der Waals surface area contributed by atoms with Crippen LogP contribution in [-0.4, -0.2) is 15.7 Å². The summed E-state index contributed by atoms with van der Waals surface area (Å²) in [6.07, 6.45) is 0.854. The molecule has 0 atom stereocenters. The second-order valence-electron chi connectivity index (χ2n) is 5.78. The van der Waals surface area contributed by atoms with Gasteiger partial charge in [0.05, 0.1) is 11.0 Å². The van der Waals surface area contributed by atoms with Gasteiger partial charge in [-0.05, 0) is 48.4 Å². The first kappa shape index (κ1) is 18.2. The number of nitrogens with zero attached hydrogens (tertiary/aromatic N) is 2. The van der Waals surface area contributed by atoms with Crippen molar-refractivity contribution in [3.63, 3.8) is 0 Å². The van der Waals surface area contributed by atoms with Crippen LogP contribution in [0.15, 0.2) is 47.3 Å². The van der Waals surface area contributed by atoms with Crippen LogP contribution in [0.1, 0.15) is 11.1 Å². The highest BCUT2D eigenvalue weighted by Gasteiger charge is 2.07. The normalized spacial score (nSPS) is 10.8.